The first-order valence-electron chi connectivity index (χ1n) is 20.0. The van der Waals surface area contributed by atoms with Crippen LogP contribution in [0.2, 0.25) is 0 Å². The van der Waals surface area contributed by atoms with Crippen LogP contribution in [0.5, 0.6) is 0 Å². The van der Waals surface area contributed by atoms with E-state index in [4.69, 9.17) is 15.3 Å². The van der Waals surface area contributed by atoms with Crippen LogP contribution >= 0.6 is 0 Å². The second-order valence-corrected chi connectivity index (χ2v) is 17.6. The molecule has 6 heteroatoms. The zero-order valence-corrected chi connectivity index (χ0v) is 34.1. The zero-order valence-electron chi connectivity index (χ0n) is 34.1. The lowest BCUT2D eigenvalue weighted by atomic mass is 9.96. The van der Waals surface area contributed by atoms with Gasteiger partial charge >= 0.3 is 0 Å². The Labute approximate surface area is 309 Å². The third kappa shape index (κ3) is 8.87. The number of aromatic nitrogens is 6. The third-order valence-corrected chi connectivity index (χ3v) is 9.43. The Hall–Kier alpha value is -3.67. The van der Waals surface area contributed by atoms with Gasteiger partial charge in [0, 0.05) is 33.4 Å². The van der Waals surface area contributed by atoms with Crippen molar-refractivity contribution in [3.63, 3.8) is 0 Å². The number of hydrogen-bond acceptors (Lipinski definition) is 3. The fraction of sp³-hybridized carbons (Fsp3) is 0.578. The molecule has 0 fully saturated rings. The highest BCUT2D eigenvalue weighted by atomic mass is 15.3. The zero-order chi connectivity index (χ0) is 37.1. The molecular weight excluding hydrogens is 625 g/mol. The number of hydrogen-bond donors (Lipinski definition) is 0. The van der Waals surface area contributed by atoms with Crippen LogP contribution in [0.15, 0.2) is 42.5 Å². The van der Waals surface area contributed by atoms with Crippen molar-refractivity contribution in [1.29, 1.82) is 0 Å². The first-order valence-corrected chi connectivity index (χ1v) is 20.0. The van der Waals surface area contributed by atoms with E-state index >= 15 is 0 Å². The van der Waals surface area contributed by atoms with E-state index in [1.165, 1.54) is 44.8 Å². The molecule has 276 valence electrons. The van der Waals surface area contributed by atoms with Gasteiger partial charge in [0.05, 0.1) is 34.1 Å². The van der Waals surface area contributed by atoms with E-state index in [1.54, 1.807) is 0 Å². The molecule has 0 aliphatic carbocycles. The van der Waals surface area contributed by atoms with Crippen molar-refractivity contribution in [2.45, 2.75) is 135 Å². The van der Waals surface area contributed by atoms with Gasteiger partial charge in [0.25, 0.3) is 0 Å². The first kappa shape index (κ1) is 38.6. The first-order chi connectivity index (χ1) is 24.2. The van der Waals surface area contributed by atoms with Crippen LogP contribution in [-0.2, 0) is 44.9 Å². The highest BCUT2D eigenvalue weighted by Gasteiger charge is 2.29. The fourth-order valence-corrected chi connectivity index (χ4v) is 7.71. The minimum Gasteiger partial charge on any atom is -0.237 e. The highest BCUT2D eigenvalue weighted by molar-refractivity contribution is 6.01. The molecule has 0 saturated carbocycles. The molecule has 0 spiro atoms. The lowest BCUT2D eigenvalue weighted by Crippen LogP contribution is -2.18. The van der Waals surface area contributed by atoms with Crippen molar-refractivity contribution < 1.29 is 0 Å². The minimum absolute atomic E-state index is 0.488. The van der Waals surface area contributed by atoms with E-state index in [0.29, 0.717) is 35.5 Å². The van der Waals surface area contributed by atoms with E-state index in [1.807, 2.05) is 0 Å². The van der Waals surface area contributed by atoms with Gasteiger partial charge in [-0.15, -0.1) is 0 Å². The summed E-state index contributed by atoms with van der Waals surface area (Å²) in [6.07, 6.45) is 6.57. The predicted molar refractivity (Wildman–Crippen MR) is 216 cm³/mol. The second kappa shape index (κ2) is 16.3. The summed E-state index contributed by atoms with van der Waals surface area (Å²) in [5.74, 6) is 3.05. The van der Waals surface area contributed by atoms with Gasteiger partial charge in [-0.2, -0.15) is 15.3 Å². The van der Waals surface area contributed by atoms with Crippen LogP contribution in [0.4, 0.5) is 0 Å². The largest absolute Gasteiger partial charge is 0.237 e. The maximum atomic E-state index is 5.52. The van der Waals surface area contributed by atoms with Crippen LogP contribution in [-0.4, -0.2) is 29.3 Å². The standard InChI is InChI=1S/C45H66N6/c1-14-40-43(49-37(22-31(8)9)25-34(46-49)19-28(2)3)41-17-15-16-18-42(41)45(51-39(24-33(12)13)27-36(48-51)21-30(6)7)44(40)50-38(23-32(10)11)26-35(47-50)20-29(4)5/h15-18,25-33H,14,19-24H2,1-13H3. The fourth-order valence-electron chi connectivity index (χ4n) is 7.71. The average molecular weight is 691 g/mol. The maximum Gasteiger partial charge on any atom is 0.0988 e. The van der Waals surface area contributed by atoms with Gasteiger partial charge in [-0.1, -0.05) is 114 Å². The molecule has 0 amide bonds. The van der Waals surface area contributed by atoms with Crippen LogP contribution in [0.1, 0.15) is 130 Å². The van der Waals surface area contributed by atoms with Crippen molar-refractivity contribution in [2.75, 3.05) is 0 Å². The number of fused-ring (bicyclic) bond motifs is 1. The minimum atomic E-state index is 0.488. The van der Waals surface area contributed by atoms with Crippen molar-refractivity contribution in [1.82, 2.24) is 29.3 Å². The monoisotopic (exact) mass is 691 g/mol. The maximum absolute atomic E-state index is 5.52. The van der Waals surface area contributed by atoms with Gasteiger partial charge in [0.1, 0.15) is 0 Å². The molecule has 0 unspecified atom stereocenters. The van der Waals surface area contributed by atoms with Crippen molar-refractivity contribution in [3.05, 3.63) is 82.2 Å². The van der Waals surface area contributed by atoms with Crippen LogP contribution < -0.4 is 0 Å². The SMILES string of the molecule is CCc1c(-n2nc(CC(C)C)cc2CC(C)C)c(-n2nc(CC(C)C)cc2CC(C)C)c2ccccc2c1-n1nc(CC(C)C)cc1CC(C)C. The lowest BCUT2D eigenvalue weighted by molar-refractivity contribution is 0.598. The summed E-state index contributed by atoms with van der Waals surface area (Å²) < 4.78 is 6.95. The van der Waals surface area contributed by atoms with Crippen LogP contribution in [0, 0.1) is 35.5 Å². The molecule has 0 atom stereocenters. The van der Waals surface area contributed by atoms with Gasteiger partial charge in [-0.05, 0) is 98.7 Å². The van der Waals surface area contributed by atoms with E-state index in [-0.39, 0.29) is 0 Å². The lowest BCUT2D eigenvalue weighted by Gasteiger charge is -2.25. The molecule has 5 rings (SSSR count). The molecule has 0 aliphatic heterocycles. The Bertz CT molecular complexity index is 1910. The highest BCUT2D eigenvalue weighted by Crippen LogP contribution is 2.41. The van der Waals surface area contributed by atoms with Crippen LogP contribution in [0.25, 0.3) is 27.8 Å². The van der Waals surface area contributed by atoms with Crippen molar-refractivity contribution in [3.8, 4) is 17.1 Å². The van der Waals surface area contributed by atoms with Gasteiger partial charge in [-0.25, -0.2) is 14.0 Å². The van der Waals surface area contributed by atoms with Gasteiger partial charge in [0.15, 0.2) is 0 Å². The number of nitrogens with zero attached hydrogens (tertiary/aromatic N) is 6. The Balaban J connectivity index is 2.00. The Morgan fingerprint density at radius 3 is 1.08 bits per heavy atom. The van der Waals surface area contributed by atoms with E-state index in [2.05, 4.69) is 147 Å². The number of rotatable bonds is 16. The summed E-state index contributed by atoms with van der Waals surface area (Å²) in [4.78, 5) is 0. The Kier molecular flexibility index (Phi) is 12.4. The molecule has 51 heavy (non-hydrogen) atoms. The molecule has 0 saturated heterocycles. The summed E-state index contributed by atoms with van der Waals surface area (Å²) in [6.45, 7) is 29.9. The van der Waals surface area contributed by atoms with Gasteiger partial charge in [-0.3, -0.25) is 0 Å². The molecular formula is C45H66N6. The molecule has 6 nitrogen and oxygen atoms in total. The normalized spacial score (nSPS) is 12.5. The van der Waals surface area contributed by atoms with Crippen molar-refractivity contribution in [2.24, 2.45) is 35.5 Å². The van der Waals surface area contributed by atoms with E-state index in [0.717, 1.165) is 67.7 Å². The molecule has 5 aromatic rings. The predicted octanol–water partition coefficient (Wildman–Crippen LogP) is 11.2. The Morgan fingerprint density at radius 1 is 0.431 bits per heavy atom. The summed E-state index contributed by atoms with van der Waals surface area (Å²) in [6, 6.07) is 16.1. The molecule has 0 radical (unpaired) electrons. The topological polar surface area (TPSA) is 53.5 Å². The molecule has 3 aromatic heterocycles. The van der Waals surface area contributed by atoms with Gasteiger partial charge < -0.3 is 0 Å². The van der Waals surface area contributed by atoms with Crippen molar-refractivity contribution >= 4 is 10.8 Å². The van der Waals surface area contributed by atoms with E-state index < -0.39 is 0 Å². The summed E-state index contributed by atoms with van der Waals surface area (Å²) in [5, 5.41) is 18.8. The van der Waals surface area contributed by atoms with Crippen LogP contribution in [0.3, 0.4) is 0 Å². The molecule has 0 aliphatic rings. The second-order valence-electron chi connectivity index (χ2n) is 17.6. The van der Waals surface area contributed by atoms with E-state index in [9.17, 15) is 0 Å². The molecule has 3 heterocycles. The third-order valence-electron chi connectivity index (χ3n) is 9.43. The molecule has 0 bridgehead atoms. The summed E-state index contributed by atoms with van der Waals surface area (Å²) in [7, 11) is 0. The molecule has 2 aromatic carbocycles. The smallest absolute Gasteiger partial charge is 0.0988 e. The average Bonchev–Trinajstić information content (AvgIpc) is 3.70. The number of benzene rings is 2. The Morgan fingerprint density at radius 2 is 0.745 bits per heavy atom. The summed E-state index contributed by atoms with van der Waals surface area (Å²) in [5.41, 5.74) is 12.0. The quantitative estimate of drug-likeness (QED) is 0.104. The van der Waals surface area contributed by atoms with Gasteiger partial charge in [0.2, 0.25) is 0 Å². The summed E-state index contributed by atoms with van der Waals surface area (Å²) >= 11 is 0. The molecule has 0 N–H and O–H groups in total.